The van der Waals surface area contributed by atoms with Gasteiger partial charge in [-0.25, -0.2) is 4.42 Å². The maximum absolute atomic E-state index is 11.9. The summed E-state index contributed by atoms with van der Waals surface area (Å²) in [5.41, 5.74) is 1.43. The number of hydrogen-bond donors (Lipinski definition) is 0. The number of amides is 1. The standard InChI is InChI=1S/C11H9Cl2NO2/c12-10-9-8(11(15)14(10)13)7-4-2-1-3-6(7)5-16-9/h1-4,8-10H,5H2. The zero-order valence-corrected chi connectivity index (χ0v) is 9.78. The molecule has 2 aliphatic rings. The summed E-state index contributed by atoms with van der Waals surface area (Å²) in [5, 5.41) is 0. The topological polar surface area (TPSA) is 29.5 Å². The Hall–Kier alpha value is -0.770. The van der Waals surface area contributed by atoms with Gasteiger partial charge in [-0.15, -0.1) is 0 Å². The Morgan fingerprint density at radius 3 is 2.94 bits per heavy atom. The van der Waals surface area contributed by atoms with Gasteiger partial charge in [0.25, 0.3) is 0 Å². The van der Waals surface area contributed by atoms with Gasteiger partial charge in [0.1, 0.15) is 11.6 Å². The Morgan fingerprint density at radius 2 is 2.12 bits per heavy atom. The SMILES string of the molecule is O=C1C2c3ccccc3COC2C(Cl)N1Cl. The molecule has 1 fully saturated rings. The highest BCUT2D eigenvalue weighted by Gasteiger charge is 2.51. The Bertz CT molecular complexity index is 451. The molecule has 0 N–H and O–H groups in total. The highest BCUT2D eigenvalue weighted by atomic mass is 35.5. The predicted molar refractivity (Wildman–Crippen MR) is 60.1 cm³/mol. The number of fused-ring (bicyclic) bond motifs is 3. The molecule has 0 saturated carbocycles. The van der Waals surface area contributed by atoms with E-state index in [1.807, 2.05) is 24.3 Å². The van der Waals surface area contributed by atoms with Crippen molar-refractivity contribution in [2.75, 3.05) is 0 Å². The van der Waals surface area contributed by atoms with Crippen LogP contribution < -0.4 is 0 Å². The van der Waals surface area contributed by atoms with Crippen LogP contribution in [0.1, 0.15) is 17.0 Å². The first kappa shape index (κ1) is 10.4. The Kier molecular flexibility index (Phi) is 2.35. The summed E-state index contributed by atoms with van der Waals surface area (Å²) in [6.45, 7) is 0.485. The van der Waals surface area contributed by atoms with E-state index in [0.29, 0.717) is 6.61 Å². The zero-order chi connectivity index (χ0) is 11.3. The van der Waals surface area contributed by atoms with Gasteiger partial charge in [0, 0.05) is 11.8 Å². The summed E-state index contributed by atoms with van der Waals surface area (Å²) in [4.78, 5) is 11.9. The highest BCUT2D eigenvalue weighted by molar-refractivity contribution is 6.32. The lowest BCUT2D eigenvalue weighted by atomic mass is 9.89. The van der Waals surface area contributed by atoms with E-state index in [0.717, 1.165) is 15.5 Å². The van der Waals surface area contributed by atoms with E-state index < -0.39 is 5.50 Å². The molecule has 0 bridgehead atoms. The predicted octanol–water partition coefficient (Wildman–Crippen LogP) is 2.23. The fourth-order valence-electron chi connectivity index (χ4n) is 2.32. The van der Waals surface area contributed by atoms with Crippen molar-refractivity contribution in [3.05, 3.63) is 35.4 Å². The summed E-state index contributed by atoms with van der Waals surface area (Å²) in [5.74, 6) is -0.538. The number of nitrogens with zero attached hydrogens (tertiary/aromatic N) is 1. The lowest BCUT2D eigenvalue weighted by Gasteiger charge is -2.27. The van der Waals surface area contributed by atoms with Crippen molar-refractivity contribution < 1.29 is 9.53 Å². The molecule has 2 aliphatic heterocycles. The number of carbonyl (C=O) groups is 1. The van der Waals surface area contributed by atoms with E-state index in [1.54, 1.807) is 0 Å². The number of benzene rings is 1. The molecule has 0 aliphatic carbocycles. The highest BCUT2D eigenvalue weighted by Crippen LogP contribution is 2.42. The number of rotatable bonds is 0. The van der Waals surface area contributed by atoms with E-state index in [4.69, 9.17) is 28.1 Å². The maximum Gasteiger partial charge on any atom is 0.248 e. The Balaban J connectivity index is 2.10. The van der Waals surface area contributed by atoms with Crippen LogP contribution >= 0.6 is 23.4 Å². The van der Waals surface area contributed by atoms with Crippen molar-refractivity contribution in [1.82, 2.24) is 4.42 Å². The van der Waals surface area contributed by atoms with Crippen molar-refractivity contribution in [2.24, 2.45) is 0 Å². The molecule has 84 valence electrons. The normalized spacial score (nSPS) is 32.5. The van der Waals surface area contributed by atoms with Gasteiger partial charge in [-0.05, 0) is 11.1 Å². The molecule has 0 radical (unpaired) electrons. The zero-order valence-electron chi connectivity index (χ0n) is 8.27. The summed E-state index contributed by atoms with van der Waals surface area (Å²) < 4.78 is 6.64. The molecule has 0 aromatic heterocycles. The minimum Gasteiger partial charge on any atom is -0.369 e. The molecular weight excluding hydrogens is 249 g/mol. The quantitative estimate of drug-likeness (QED) is 0.405. The summed E-state index contributed by atoms with van der Waals surface area (Å²) in [6, 6.07) is 7.74. The van der Waals surface area contributed by atoms with Crippen LogP contribution in [-0.2, 0) is 16.1 Å². The first-order valence-electron chi connectivity index (χ1n) is 5.02. The van der Waals surface area contributed by atoms with E-state index in [2.05, 4.69) is 0 Å². The number of hydrogen-bond acceptors (Lipinski definition) is 2. The van der Waals surface area contributed by atoms with Gasteiger partial charge in [0.05, 0.1) is 12.5 Å². The average Bonchev–Trinajstić information content (AvgIpc) is 2.55. The molecule has 3 atom stereocenters. The van der Waals surface area contributed by atoms with Crippen LogP contribution in [-0.4, -0.2) is 21.9 Å². The van der Waals surface area contributed by atoms with Crippen LogP contribution in [0.5, 0.6) is 0 Å². The number of carbonyl (C=O) groups excluding carboxylic acids is 1. The molecule has 1 saturated heterocycles. The first-order chi connectivity index (χ1) is 7.70. The average molecular weight is 258 g/mol. The summed E-state index contributed by atoms with van der Waals surface area (Å²) >= 11 is 11.9. The van der Waals surface area contributed by atoms with Crippen molar-refractivity contribution in [3.8, 4) is 0 Å². The number of halogens is 2. The van der Waals surface area contributed by atoms with Gasteiger partial charge < -0.3 is 4.74 Å². The lowest BCUT2D eigenvalue weighted by molar-refractivity contribution is -0.126. The molecule has 2 heterocycles. The van der Waals surface area contributed by atoms with Gasteiger partial charge in [0.2, 0.25) is 5.91 Å². The molecule has 1 aromatic carbocycles. The molecule has 0 spiro atoms. The van der Waals surface area contributed by atoms with Gasteiger partial charge in [-0.1, -0.05) is 35.9 Å². The molecule has 5 heteroatoms. The second-order valence-electron chi connectivity index (χ2n) is 3.97. The second kappa shape index (κ2) is 3.62. The monoisotopic (exact) mass is 257 g/mol. The van der Waals surface area contributed by atoms with Crippen LogP contribution in [0.2, 0.25) is 0 Å². The summed E-state index contributed by atoms with van der Waals surface area (Å²) in [7, 11) is 0. The van der Waals surface area contributed by atoms with Gasteiger partial charge in [0.15, 0.2) is 0 Å². The van der Waals surface area contributed by atoms with Crippen molar-refractivity contribution in [1.29, 1.82) is 0 Å². The third-order valence-corrected chi connectivity index (χ3v) is 4.03. The number of ether oxygens (including phenoxy) is 1. The van der Waals surface area contributed by atoms with Crippen molar-refractivity contribution >= 4 is 29.3 Å². The Morgan fingerprint density at radius 1 is 1.38 bits per heavy atom. The fraction of sp³-hybridized carbons (Fsp3) is 0.364. The minimum atomic E-state index is -0.590. The van der Waals surface area contributed by atoms with E-state index in [1.165, 1.54) is 0 Å². The third kappa shape index (κ3) is 1.29. The van der Waals surface area contributed by atoms with Crippen molar-refractivity contribution in [3.63, 3.8) is 0 Å². The van der Waals surface area contributed by atoms with Gasteiger partial charge in [-0.3, -0.25) is 4.79 Å². The second-order valence-corrected chi connectivity index (χ2v) is 4.79. The van der Waals surface area contributed by atoms with Crippen molar-refractivity contribution in [2.45, 2.75) is 24.1 Å². The van der Waals surface area contributed by atoms with Gasteiger partial charge in [-0.2, -0.15) is 0 Å². The smallest absolute Gasteiger partial charge is 0.248 e. The van der Waals surface area contributed by atoms with E-state index in [9.17, 15) is 4.79 Å². The van der Waals surface area contributed by atoms with E-state index >= 15 is 0 Å². The largest absolute Gasteiger partial charge is 0.369 e. The van der Waals surface area contributed by atoms with Crippen LogP contribution in [0, 0.1) is 0 Å². The molecule has 3 nitrogen and oxygen atoms in total. The molecule has 1 amide bonds. The fourth-order valence-corrected chi connectivity index (χ4v) is 2.85. The molecule has 16 heavy (non-hydrogen) atoms. The van der Waals surface area contributed by atoms with Gasteiger partial charge >= 0.3 is 0 Å². The third-order valence-electron chi connectivity index (χ3n) is 3.11. The first-order valence-corrected chi connectivity index (χ1v) is 5.80. The summed E-state index contributed by atoms with van der Waals surface area (Å²) in [6.07, 6.45) is -0.346. The van der Waals surface area contributed by atoms with Crippen LogP contribution in [0.3, 0.4) is 0 Å². The van der Waals surface area contributed by atoms with Crippen LogP contribution in [0.25, 0.3) is 0 Å². The molecule has 3 unspecified atom stereocenters. The van der Waals surface area contributed by atoms with Crippen LogP contribution in [0.15, 0.2) is 24.3 Å². The number of alkyl halides is 1. The van der Waals surface area contributed by atoms with Crippen LogP contribution in [0.4, 0.5) is 0 Å². The maximum atomic E-state index is 11.9. The lowest BCUT2D eigenvalue weighted by Crippen LogP contribution is -2.31. The Labute approximate surface area is 103 Å². The van der Waals surface area contributed by atoms with E-state index in [-0.39, 0.29) is 17.9 Å². The molecule has 1 aromatic rings. The molecule has 3 rings (SSSR count). The minimum absolute atomic E-state index is 0.182. The molecular formula is C11H9Cl2NO2.